The molecule has 2 aliphatic rings. The largest absolute Gasteiger partial charge is 0.497 e. The van der Waals surface area contributed by atoms with Crippen molar-refractivity contribution in [3.8, 4) is 5.75 Å². The second-order valence-electron chi connectivity index (χ2n) is 7.00. The van der Waals surface area contributed by atoms with E-state index >= 15 is 0 Å². The Labute approximate surface area is 144 Å². The topological polar surface area (TPSA) is 42.0 Å². The van der Waals surface area contributed by atoms with Crippen molar-refractivity contribution in [1.82, 2.24) is 9.80 Å². The molecule has 3 rings (SSSR count). The number of amides is 1. The van der Waals surface area contributed by atoms with Gasteiger partial charge in [0.05, 0.1) is 19.3 Å². The van der Waals surface area contributed by atoms with E-state index in [1.54, 1.807) is 7.11 Å². The predicted octanol–water partition coefficient (Wildman–Crippen LogP) is 2.41. The van der Waals surface area contributed by atoms with E-state index < -0.39 is 0 Å². The van der Waals surface area contributed by atoms with E-state index in [0.717, 1.165) is 50.3 Å². The van der Waals surface area contributed by atoms with Crippen LogP contribution in [0.5, 0.6) is 5.75 Å². The van der Waals surface area contributed by atoms with Crippen LogP contribution in [-0.4, -0.2) is 67.2 Å². The molecule has 1 amide bonds. The van der Waals surface area contributed by atoms with Gasteiger partial charge in [0.25, 0.3) is 5.91 Å². The highest BCUT2D eigenvalue weighted by atomic mass is 16.5. The lowest BCUT2D eigenvalue weighted by Crippen LogP contribution is -2.50. The normalized spacial score (nSPS) is 28.1. The molecule has 0 aliphatic carbocycles. The molecule has 24 heavy (non-hydrogen) atoms. The van der Waals surface area contributed by atoms with E-state index in [-0.39, 0.29) is 18.1 Å². The highest BCUT2D eigenvalue weighted by Gasteiger charge is 2.32. The minimum absolute atomic E-state index is 0.134. The molecule has 3 atom stereocenters. The molecule has 1 aromatic carbocycles. The molecule has 0 saturated carbocycles. The van der Waals surface area contributed by atoms with Crippen molar-refractivity contribution >= 4 is 5.91 Å². The molecule has 0 N–H and O–H groups in total. The van der Waals surface area contributed by atoms with Crippen LogP contribution in [0.1, 0.15) is 37.0 Å². The number of likely N-dealkylation sites (tertiary alicyclic amines) is 1. The molecule has 0 bridgehead atoms. The maximum Gasteiger partial charge on any atom is 0.254 e. The molecular formula is C19H28N2O3. The number of hydrogen-bond acceptors (Lipinski definition) is 4. The van der Waals surface area contributed by atoms with Crippen LogP contribution in [0.3, 0.4) is 0 Å². The van der Waals surface area contributed by atoms with E-state index in [1.165, 1.54) is 0 Å². The fourth-order valence-corrected chi connectivity index (χ4v) is 3.92. The van der Waals surface area contributed by atoms with E-state index in [1.807, 2.05) is 29.2 Å². The van der Waals surface area contributed by atoms with Crippen molar-refractivity contribution in [3.63, 3.8) is 0 Å². The maximum atomic E-state index is 12.9. The van der Waals surface area contributed by atoms with Crippen LogP contribution < -0.4 is 4.74 Å². The SMILES string of the molecule is COc1ccc(C(=O)N2CCC[C@@H]2CN2C[C@@H](C)O[C@@H](C)C2)cc1. The highest BCUT2D eigenvalue weighted by molar-refractivity contribution is 5.94. The van der Waals surface area contributed by atoms with Gasteiger partial charge in [0, 0.05) is 37.8 Å². The highest BCUT2D eigenvalue weighted by Crippen LogP contribution is 2.23. The lowest BCUT2D eigenvalue weighted by molar-refractivity contribution is -0.0715. The summed E-state index contributed by atoms with van der Waals surface area (Å²) in [5.74, 6) is 0.912. The van der Waals surface area contributed by atoms with Gasteiger partial charge in [-0.25, -0.2) is 0 Å². The Morgan fingerprint density at radius 1 is 1.21 bits per heavy atom. The Kier molecular flexibility index (Phi) is 5.41. The summed E-state index contributed by atoms with van der Waals surface area (Å²) in [6.07, 6.45) is 2.70. The van der Waals surface area contributed by atoms with Gasteiger partial charge in [-0.1, -0.05) is 0 Å². The number of carbonyl (C=O) groups is 1. The zero-order chi connectivity index (χ0) is 17.1. The van der Waals surface area contributed by atoms with Gasteiger partial charge in [0.15, 0.2) is 0 Å². The first kappa shape index (κ1) is 17.2. The molecule has 2 aliphatic heterocycles. The maximum absolute atomic E-state index is 12.9. The third-order valence-electron chi connectivity index (χ3n) is 4.94. The van der Waals surface area contributed by atoms with E-state index in [4.69, 9.17) is 9.47 Å². The summed E-state index contributed by atoms with van der Waals surface area (Å²) in [6.45, 7) is 7.94. The number of ether oxygens (including phenoxy) is 2. The van der Waals surface area contributed by atoms with Gasteiger partial charge in [-0.2, -0.15) is 0 Å². The van der Waals surface area contributed by atoms with Crippen LogP contribution in [0, 0.1) is 0 Å². The quantitative estimate of drug-likeness (QED) is 0.849. The van der Waals surface area contributed by atoms with Gasteiger partial charge in [-0.15, -0.1) is 0 Å². The summed E-state index contributed by atoms with van der Waals surface area (Å²) in [5, 5.41) is 0. The minimum Gasteiger partial charge on any atom is -0.497 e. The number of methoxy groups -OCH3 is 1. The smallest absolute Gasteiger partial charge is 0.254 e. The van der Waals surface area contributed by atoms with E-state index in [9.17, 15) is 4.79 Å². The van der Waals surface area contributed by atoms with Crippen molar-refractivity contribution in [3.05, 3.63) is 29.8 Å². The molecule has 2 saturated heterocycles. The van der Waals surface area contributed by atoms with E-state index in [0.29, 0.717) is 6.04 Å². The van der Waals surface area contributed by atoms with Crippen molar-refractivity contribution in [2.45, 2.75) is 44.9 Å². The number of carbonyl (C=O) groups excluding carboxylic acids is 1. The summed E-state index contributed by atoms with van der Waals surface area (Å²) in [4.78, 5) is 17.4. The molecule has 2 fully saturated rings. The molecule has 5 nitrogen and oxygen atoms in total. The van der Waals surface area contributed by atoms with Gasteiger partial charge in [-0.3, -0.25) is 9.69 Å². The number of nitrogens with zero attached hydrogens (tertiary/aromatic N) is 2. The van der Waals surface area contributed by atoms with Crippen LogP contribution in [-0.2, 0) is 4.74 Å². The second kappa shape index (κ2) is 7.53. The Morgan fingerprint density at radius 2 is 1.88 bits per heavy atom. The molecule has 0 unspecified atom stereocenters. The minimum atomic E-state index is 0.134. The van der Waals surface area contributed by atoms with Crippen LogP contribution in [0.2, 0.25) is 0 Å². The Morgan fingerprint density at radius 3 is 2.50 bits per heavy atom. The Bertz CT molecular complexity index is 550. The fraction of sp³-hybridized carbons (Fsp3) is 0.632. The van der Waals surface area contributed by atoms with Crippen LogP contribution in [0.15, 0.2) is 24.3 Å². The zero-order valence-corrected chi connectivity index (χ0v) is 14.9. The zero-order valence-electron chi connectivity index (χ0n) is 14.9. The molecular weight excluding hydrogens is 304 g/mol. The summed E-state index contributed by atoms with van der Waals surface area (Å²) in [7, 11) is 1.64. The van der Waals surface area contributed by atoms with Crippen molar-refractivity contribution in [2.75, 3.05) is 33.3 Å². The molecule has 2 heterocycles. The Hall–Kier alpha value is -1.59. The lowest BCUT2D eigenvalue weighted by Gasteiger charge is -2.38. The van der Waals surface area contributed by atoms with Crippen molar-refractivity contribution < 1.29 is 14.3 Å². The summed E-state index contributed by atoms with van der Waals surface area (Å²) < 4.78 is 11.0. The third kappa shape index (κ3) is 3.90. The summed E-state index contributed by atoms with van der Waals surface area (Å²) >= 11 is 0. The number of morpholine rings is 1. The molecule has 0 spiro atoms. The van der Waals surface area contributed by atoms with Crippen LogP contribution >= 0.6 is 0 Å². The van der Waals surface area contributed by atoms with Crippen molar-refractivity contribution in [2.24, 2.45) is 0 Å². The number of benzene rings is 1. The van der Waals surface area contributed by atoms with Gasteiger partial charge in [0.2, 0.25) is 0 Å². The third-order valence-corrected chi connectivity index (χ3v) is 4.94. The van der Waals surface area contributed by atoms with E-state index in [2.05, 4.69) is 18.7 Å². The molecule has 0 radical (unpaired) electrons. The van der Waals surface area contributed by atoms with Gasteiger partial charge in [-0.05, 0) is 51.0 Å². The average Bonchev–Trinajstić information content (AvgIpc) is 3.01. The number of hydrogen-bond donors (Lipinski definition) is 0. The monoisotopic (exact) mass is 332 g/mol. The molecule has 0 aromatic heterocycles. The second-order valence-corrected chi connectivity index (χ2v) is 7.00. The summed E-state index contributed by atoms with van der Waals surface area (Å²) in [5.41, 5.74) is 0.742. The molecule has 1 aromatic rings. The van der Waals surface area contributed by atoms with Gasteiger partial charge in [0.1, 0.15) is 5.75 Å². The first-order valence-corrected chi connectivity index (χ1v) is 8.89. The summed E-state index contributed by atoms with van der Waals surface area (Å²) in [6, 6.07) is 7.72. The van der Waals surface area contributed by atoms with Crippen molar-refractivity contribution in [1.29, 1.82) is 0 Å². The lowest BCUT2D eigenvalue weighted by atomic mass is 10.1. The molecule has 5 heteroatoms. The average molecular weight is 332 g/mol. The standard InChI is InChI=1S/C19H28N2O3/c1-14-11-20(12-15(2)24-14)13-17-5-4-10-21(17)19(22)16-6-8-18(23-3)9-7-16/h6-9,14-15,17H,4-5,10-13H2,1-3H3/t14-,15+,17-/m1/s1. The first-order valence-electron chi connectivity index (χ1n) is 8.89. The van der Waals surface area contributed by atoms with Crippen LogP contribution in [0.25, 0.3) is 0 Å². The van der Waals surface area contributed by atoms with Gasteiger partial charge < -0.3 is 14.4 Å². The van der Waals surface area contributed by atoms with Gasteiger partial charge >= 0.3 is 0 Å². The first-order chi connectivity index (χ1) is 11.6. The molecule has 132 valence electrons. The number of rotatable bonds is 4. The predicted molar refractivity (Wildman–Crippen MR) is 93.5 cm³/mol. The fourth-order valence-electron chi connectivity index (χ4n) is 3.92. The van der Waals surface area contributed by atoms with Crippen LogP contribution in [0.4, 0.5) is 0 Å². The Balaban J connectivity index is 1.64.